The largest absolute Gasteiger partial charge is 0.437 e. The van der Waals surface area contributed by atoms with Crippen LogP contribution in [0, 0.1) is 0 Å². The van der Waals surface area contributed by atoms with Gasteiger partial charge in [-0.2, -0.15) is 4.98 Å². The fourth-order valence-electron chi connectivity index (χ4n) is 3.97. The van der Waals surface area contributed by atoms with Crippen molar-refractivity contribution in [3.63, 3.8) is 0 Å². The van der Waals surface area contributed by atoms with Crippen molar-refractivity contribution in [1.82, 2.24) is 25.6 Å². The number of aromatic amines is 1. The van der Waals surface area contributed by atoms with Crippen molar-refractivity contribution in [2.24, 2.45) is 0 Å². The third kappa shape index (κ3) is 2.64. The lowest BCUT2D eigenvalue weighted by Gasteiger charge is -2.22. The first kappa shape index (κ1) is 15.9. The van der Waals surface area contributed by atoms with E-state index in [0.29, 0.717) is 33.7 Å². The minimum atomic E-state index is -0.120. The van der Waals surface area contributed by atoms with E-state index in [9.17, 15) is 4.79 Å². The number of H-pyrrole nitrogens is 1. The summed E-state index contributed by atoms with van der Waals surface area (Å²) in [5.74, 6) is 1.07. The normalized spacial score (nSPS) is 15.6. The minimum Gasteiger partial charge on any atom is -0.437 e. The monoisotopic (exact) mass is 362 g/mol. The number of nitrogens with one attached hydrogen (secondary N) is 1. The molecule has 3 heterocycles. The Morgan fingerprint density at radius 3 is 2.74 bits per heavy atom. The Balaban J connectivity index is 1.71. The topological polar surface area (TPSA) is 124 Å². The number of pyridine rings is 1. The average Bonchev–Trinajstić information content (AvgIpc) is 3.23. The summed E-state index contributed by atoms with van der Waals surface area (Å²) in [6.07, 6.45) is 6.12. The average molecular weight is 362 g/mol. The highest BCUT2D eigenvalue weighted by Crippen LogP contribution is 2.34. The van der Waals surface area contributed by atoms with Crippen LogP contribution in [0.3, 0.4) is 0 Å². The van der Waals surface area contributed by atoms with E-state index in [1.807, 2.05) is 12.1 Å². The van der Waals surface area contributed by atoms with Gasteiger partial charge in [0.25, 0.3) is 0 Å². The quantitative estimate of drug-likeness (QED) is 0.525. The van der Waals surface area contributed by atoms with Crippen LogP contribution in [-0.4, -0.2) is 25.6 Å². The van der Waals surface area contributed by atoms with Gasteiger partial charge in [-0.15, -0.1) is 5.10 Å². The fraction of sp³-hybridized carbons (Fsp3) is 0.316. The molecule has 1 aliphatic carbocycles. The Labute approximate surface area is 153 Å². The van der Waals surface area contributed by atoms with E-state index in [2.05, 4.69) is 31.7 Å². The highest BCUT2D eigenvalue weighted by molar-refractivity contribution is 5.92. The van der Waals surface area contributed by atoms with Crippen LogP contribution in [0.5, 0.6) is 0 Å². The van der Waals surface area contributed by atoms with Crippen molar-refractivity contribution in [3.8, 4) is 11.4 Å². The molecule has 4 aromatic rings. The van der Waals surface area contributed by atoms with Gasteiger partial charge in [-0.25, -0.2) is 5.10 Å². The van der Waals surface area contributed by atoms with Crippen LogP contribution in [0.25, 0.3) is 33.5 Å². The molecule has 0 aliphatic heterocycles. The molecule has 0 saturated heterocycles. The van der Waals surface area contributed by atoms with Gasteiger partial charge in [0.05, 0.1) is 16.3 Å². The van der Waals surface area contributed by atoms with E-state index in [1.54, 1.807) is 6.07 Å². The standard InChI is InChI=1S/C19H18N6O2/c20-17-14(18-22-24-25-23-18)9-13-16(26)12-8-11(10-4-2-1-3-5-10)6-7-15(12)27-19(13)21-17/h6-10H,1-5H2,(H2,20,21)(H,22,23,24,25). The van der Waals surface area contributed by atoms with Gasteiger partial charge < -0.3 is 10.2 Å². The third-order valence-corrected chi connectivity index (χ3v) is 5.39. The van der Waals surface area contributed by atoms with Gasteiger partial charge in [-0.3, -0.25) is 4.79 Å². The maximum atomic E-state index is 13.2. The molecule has 0 unspecified atom stereocenters. The number of tetrazole rings is 1. The molecule has 0 radical (unpaired) electrons. The maximum absolute atomic E-state index is 13.2. The molecule has 1 fully saturated rings. The number of benzene rings is 1. The van der Waals surface area contributed by atoms with Crippen LogP contribution in [0.2, 0.25) is 0 Å². The van der Waals surface area contributed by atoms with Crippen molar-refractivity contribution in [2.45, 2.75) is 38.0 Å². The van der Waals surface area contributed by atoms with E-state index in [-0.39, 0.29) is 17.0 Å². The molecular formula is C19H18N6O2. The molecule has 0 amide bonds. The van der Waals surface area contributed by atoms with E-state index in [0.717, 1.165) is 0 Å². The predicted molar refractivity (Wildman–Crippen MR) is 101 cm³/mol. The summed E-state index contributed by atoms with van der Waals surface area (Å²) in [4.78, 5) is 17.4. The summed E-state index contributed by atoms with van der Waals surface area (Å²) >= 11 is 0. The number of hydrogen-bond donors (Lipinski definition) is 2. The number of anilines is 1. The van der Waals surface area contributed by atoms with Crippen LogP contribution >= 0.6 is 0 Å². The van der Waals surface area contributed by atoms with Crippen LogP contribution in [0.15, 0.2) is 33.5 Å². The molecule has 3 N–H and O–H groups in total. The number of aromatic nitrogens is 5. The molecule has 0 bridgehead atoms. The Kier molecular flexibility index (Phi) is 3.63. The Bertz CT molecular complexity index is 1190. The van der Waals surface area contributed by atoms with Crippen LogP contribution in [0.4, 0.5) is 5.82 Å². The van der Waals surface area contributed by atoms with Crippen LogP contribution < -0.4 is 11.2 Å². The molecule has 136 valence electrons. The number of nitrogen functional groups attached to an aromatic ring is 1. The number of hydrogen-bond acceptors (Lipinski definition) is 7. The third-order valence-electron chi connectivity index (χ3n) is 5.39. The molecule has 0 atom stereocenters. The zero-order chi connectivity index (χ0) is 18.4. The van der Waals surface area contributed by atoms with E-state index < -0.39 is 0 Å². The van der Waals surface area contributed by atoms with Crippen molar-refractivity contribution >= 4 is 27.9 Å². The van der Waals surface area contributed by atoms with E-state index in [1.165, 1.54) is 37.7 Å². The van der Waals surface area contributed by atoms with Crippen molar-refractivity contribution in [1.29, 1.82) is 0 Å². The molecule has 3 aromatic heterocycles. The fourth-order valence-corrected chi connectivity index (χ4v) is 3.97. The number of nitrogens with two attached hydrogens (primary N) is 1. The number of nitrogens with zero attached hydrogens (tertiary/aromatic N) is 4. The molecule has 1 aromatic carbocycles. The number of fused-ring (bicyclic) bond motifs is 2. The zero-order valence-electron chi connectivity index (χ0n) is 14.6. The van der Waals surface area contributed by atoms with Gasteiger partial charge in [0.1, 0.15) is 11.4 Å². The van der Waals surface area contributed by atoms with E-state index in [4.69, 9.17) is 10.2 Å². The van der Waals surface area contributed by atoms with Gasteiger partial charge in [0, 0.05) is 0 Å². The van der Waals surface area contributed by atoms with Crippen molar-refractivity contribution < 1.29 is 4.42 Å². The van der Waals surface area contributed by atoms with Gasteiger partial charge in [0.2, 0.25) is 11.1 Å². The molecule has 8 nitrogen and oxygen atoms in total. The summed E-state index contributed by atoms with van der Waals surface area (Å²) in [6.45, 7) is 0. The van der Waals surface area contributed by atoms with Gasteiger partial charge in [-0.05, 0) is 52.9 Å². The summed E-state index contributed by atoms with van der Waals surface area (Å²) in [7, 11) is 0. The molecular weight excluding hydrogens is 344 g/mol. The lowest BCUT2D eigenvalue weighted by Crippen LogP contribution is -2.08. The Morgan fingerprint density at radius 2 is 1.96 bits per heavy atom. The second-order valence-corrected chi connectivity index (χ2v) is 7.05. The minimum absolute atomic E-state index is 0.120. The molecule has 1 aliphatic rings. The molecule has 1 saturated carbocycles. The SMILES string of the molecule is Nc1nc2oc3ccc(C4CCCCC4)cc3c(=O)c2cc1-c1nnn[nH]1. The number of rotatable bonds is 2. The van der Waals surface area contributed by atoms with Gasteiger partial charge >= 0.3 is 0 Å². The summed E-state index contributed by atoms with van der Waals surface area (Å²) in [6, 6.07) is 7.54. The maximum Gasteiger partial charge on any atom is 0.232 e. The Hall–Kier alpha value is -3.29. The molecule has 27 heavy (non-hydrogen) atoms. The van der Waals surface area contributed by atoms with Crippen molar-refractivity contribution in [3.05, 3.63) is 40.1 Å². The predicted octanol–water partition coefficient (Wildman–Crippen LogP) is 3.15. The summed E-state index contributed by atoms with van der Waals surface area (Å²) in [5, 5.41) is 14.5. The Morgan fingerprint density at radius 1 is 1.11 bits per heavy atom. The first-order chi connectivity index (χ1) is 13.2. The molecule has 8 heteroatoms. The first-order valence-corrected chi connectivity index (χ1v) is 9.12. The highest BCUT2D eigenvalue weighted by atomic mass is 16.3. The molecule has 5 rings (SSSR count). The van der Waals surface area contributed by atoms with Crippen LogP contribution in [0.1, 0.15) is 43.6 Å². The van der Waals surface area contributed by atoms with Gasteiger partial charge in [-0.1, -0.05) is 25.3 Å². The van der Waals surface area contributed by atoms with Crippen molar-refractivity contribution in [2.75, 3.05) is 5.73 Å². The lowest BCUT2D eigenvalue weighted by molar-refractivity contribution is 0.444. The van der Waals surface area contributed by atoms with Gasteiger partial charge in [0.15, 0.2) is 5.82 Å². The summed E-state index contributed by atoms with van der Waals surface area (Å²) < 4.78 is 5.87. The highest BCUT2D eigenvalue weighted by Gasteiger charge is 2.19. The second-order valence-electron chi connectivity index (χ2n) is 7.05. The molecule has 0 spiro atoms. The van der Waals surface area contributed by atoms with Crippen LogP contribution in [-0.2, 0) is 0 Å². The second kappa shape index (κ2) is 6.15. The zero-order valence-corrected chi connectivity index (χ0v) is 14.6. The van der Waals surface area contributed by atoms with E-state index >= 15 is 0 Å². The first-order valence-electron chi connectivity index (χ1n) is 9.12. The summed E-state index contributed by atoms with van der Waals surface area (Å²) in [5.41, 5.74) is 8.30. The lowest BCUT2D eigenvalue weighted by atomic mass is 9.84. The smallest absolute Gasteiger partial charge is 0.232 e.